The second-order valence-electron chi connectivity index (χ2n) is 6.67. The summed E-state index contributed by atoms with van der Waals surface area (Å²) in [6.45, 7) is 4.04. The fourth-order valence-corrected chi connectivity index (χ4v) is 3.88. The first-order chi connectivity index (χ1) is 13.7. The summed E-state index contributed by atoms with van der Waals surface area (Å²) in [5.41, 5.74) is 7.71. The summed E-state index contributed by atoms with van der Waals surface area (Å²) < 4.78 is 5.72. The number of aromatic nitrogens is 2. The summed E-state index contributed by atoms with van der Waals surface area (Å²) in [6, 6.07) is 7.73. The van der Waals surface area contributed by atoms with E-state index in [0.29, 0.717) is 23.2 Å². The van der Waals surface area contributed by atoms with E-state index in [4.69, 9.17) is 15.0 Å². The summed E-state index contributed by atoms with van der Waals surface area (Å²) in [4.78, 5) is 17.8. The van der Waals surface area contributed by atoms with Crippen molar-refractivity contribution >= 4 is 23.0 Å². The van der Waals surface area contributed by atoms with Gasteiger partial charge in [-0.3, -0.25) is 0 Å². The zero-order chi connectivity index (χ0) is 19.3. The number of oxime groups is 1. The monoisotopic (exact) mass is 397 g/mol. The van der Waals surface area contributed by atoms with Crippen molar-refractivity contribution in [3.63, 3.8) is 0 Å². The zero-order valence-corrected chi connectivity index (χ0v) is 16.6. The Morgan fingerprint density at radius 3 is 2.93 bits per heavy atom. The Kier molecular flexibility index (Phi) is 5.57. The number of thiophene rings is 1. The molecule has 1 aliphatic heterocycles. The number of aryl methyl sites for hydroxylation is 1. The summed E-state index contributed by atoms with van der Waals surface area (Å²) >= 11 is 1.58. The maximum atomic E-state index is 6.20. The molecule has 1 saturated heterocycles. The van der Waals surface area contributed by atoms with Crippen LogP contribution in [0.4, 0.5) is 5.82 Å². The molecule has 28 heavy (non-hydrogen) atoms. The van der Waals surface area contributed by atoms with Crippen molar-refractivity contribution in [1.82, 2.24) is 9.97 Å². The molecular weight excluding hydrogens is 374 g/mol. The van der Waals surface area contributed by atoms with Gasteiger partial charge in [0.2, 0.25) is 5.89 Å². The van der Waals surface area contributed by atoms with Crippen molar-refractivity contribution in [1.29, 1.82) is 0 Å². The van der Waals surface area contributed by atoms with Crippen molar-refractivity contribution in [3.05, 3.63) is 52.9 Å². The number of pyridine rings is 1. The van der Waals surface area contributed by atoms with Gasteiger partial charge in [-0.2, -0.15) is 0 Å². The van der Waals surface area contributed by atoms with Gasteiger partial charge < -0.3 is 19.9 Å². The molecule has 0 bridgehead atoms. The van der Waals surface area contributed by atoms with Crippen LogP contribution in [0.25, 0.3) is 10.8 Å². The van der Waals surface area contributed by atoms with E-state index in [0.717, 1.165) is 29.3 Å². The predicted molar refractivity (Wildman–Crippen MR) is 110 cm³/mol. The Bertz CT molecular complexity index is 945. The van der Waals surface area contributed by atoms with E-state index in [1.54, 1.807) is 17.5 Å². The van der Waals surface area contributed by atoms with E-state index in [1.807, 2.05) is 36.6 Å². The van der Waals surface area contributed by atoms with Gasteiger partial charge in [0.1, 0.15) is 17.3 Å². The molecule has 4 rings (SSSR count). The maximum Gasteiger partial charge on any atom is 0.236 e. The molecule has 146 valence electrons. The molecule has 1 aliphatic rings. The predicted octanol–water partition coefficient (Wildman–Crippen LogP) is 3.93. The third-order valence-electron chi connectivity index (χ3n) is 4.71. The normalized spacial score (nSPS) is 15.0. The van der Waals surface area contributed by atoms with Crippen molar-refractivity contribution in [2.45, 2.75) is 32.8 Å². The molecule has 0 radical (unpaired) electrons. The third-order valence-corrected chi connectivity index (χ3v) is 5.56. The molecule has 0 atom stereocenters. The minimum atomic E-state index is 0.195. The first kappa shape index (κ1) is 18.5. The SMILES string of the molecule is Cc1oc(-c2cccs2)nc1CO/N=C(\N)c1cccnc1N1CCCCC1. The van der Waals surface area contributed by atoms with E-state index in [2.05, 4.69) is 20.0 Å². The number of oxazole rings is 1. The Balaban J connectivity index is 1.46. The van der Waals surface area contributed by atoms with Gasteiger partial charge in [0, 0.05) is 19.3 Å². The highest BCUT2D eigenvalue weighted by Gasteiger charge is 2.18. The molecule has 0 aromatic carbocycles. The van der Waals surface area contributed by atoms with Gasteiger partial charge in [0.15, 0.2) is 12.4 Å². The average Bonchev–Trinajstić information content (AvgIpc) is 3.39. The van der Waals surface area contributed by atoms with E-state index >= 15 is 0 Å². The number of piperidine rings is 1. The summed E-state index contributed by atoms with van der Waals surface area (Å²) in [5.74, 6) is 2.49. The number of hydrogen-bond donors (Lipinski definition) is 1. The number of nitrogens with two attached hydrogens (primary N) is 1. The lowest BCUT2D eigenvalue weighted by Gasteiger charge is -2.29. The lowest BCUT2D eigenvalue weighted by atomic mass is 10.1. The number of amidine groups is 1. The Morgan fingerprint density at radius 1 is 1.29 bits per heavy atom. The van der Waals surface area contributed by atoms with E-state index in [9.17, 15) is 0 Å². The minimum Gasteiger partial charge on any atom is -0.440 e. The molecule has 7 nitrogen and oxygen atoms in total. The van der Waals surface area contributed by atoms with Gasteiger partial charge in [-0.05, 0) is 49.8 Å². The molecule has 3 aromatic heterocycles. The second kappa shape index (κ2) is 8.43. The summed E-state index contributed by atoms with van der Waals surface area (Å²) in [7, 11) is 0. The largest absolute Gasteiger partial charge is 0.440 e. The Hall–Kier alpha value is -2.87. The van der Waals surface area contributed by atoms with Gasteiger partial charge in [-0.25, -0.2) is 9.97 Å². The van der Waals surface area contributed by atoms with Crippen LogP contribution in [0.15, 0.2) is 45.4 Å². The van der Waals surface area contributed by atoms with Gasteiger partial charge in [0.25, 0.3) is 0 Å². The Morgan fingerprint density at radius 2 is 2.14 bits per heavy atom. The Labute approximate surface area is 167 Å². The molecule has 0 aliphatic carbocycles. The highest BCUT2D eigenvalue weighted by molar-refractivity contribution is 7.13. The van der Waals surface area contributed by atoms with E-state index in [1.165, 1.54) is 19.3 Å². The highest BCUT2D eigenvalue weighted by atomic mass is 32.1. The van der Waals surface area contributed by atoms with E-state index in [-0.39, 0.29) is 6.61 Å². The van der Waals surface area contributed by atoms with Crippen LogP contribution in [0.5, 0.6) is 0 Å². The highest BCUT2D eigenvalue weighted by Crippen LogP contribution is 2.26. The number of anilines is 1. The molecule has 0 saturated carbocycles. The van der Waals surface area contributed by atoms with Crippen LogP contribution < -0.4 is 10.6 Å². The standard InChI is InChI=1S/C20H23N5O2S/c1-14-16(23-20(27-14)17-8-6-12-28-17)13-26-24-18(21)15-7-5-9-22-19(15)25-10-3-2-4-11-25/h5-9,12H,2-4,10-11,13H2,1H3,(H2,21,24). The molecule has 0 spiro atoms. The van der Waals surface area contributed by atoms with Gasteiger partial charge in [-0.15, -0.1) is 11.3 Å². The molecule has 0 amide bonds. The third kappa shape index (κ3) is 4.01. The van der Waals surface area contributed by atoms with Gasteiger partial charge in [-0.1, -0.05) is 11.2 Å². The van der Waals surface area contributed by atoms with Crippen LogP contribution in [-0.2, 0) is 11.4 Å². The molecule has 1 fully saturated rings. The zero-order valence-electron chi connectivity index (χ0n) is 15.8. The lowest BCUT2D eigenvalue weighted by Crippen LogP contribution is -2.32. The topological polar surface area (TPSA) is 89.8 Å². The lowest BCUT2D eigenvalue weighted by molar-refractivity contribution is 0.127. The van der Waals surface area contributed by atoms with Crippen LogP contribution in [0.2, 0.25) is 0 Å². The molecule has 4 heterocycles. The first-order valence-electron chi connectivity index (χ1n) is 9.38. The molecule has 2 N–H and O–H groups in total. The fourth-order valence-electron chi connectivity index (χ4n) is 3.23. The summed E-state index contributed by atoms with van der Waals surface area (Å²) in [5, 5.41) is 6.10. The first-order valence-corrected chi connectivity index (χ1v) is 10.3. The van der Waals surface area contributed by atoms with Crippen molar-refractivity contribution < 1.29 is 9.25 Å². The molecular formula is C20H23N5O2S. The fraction of sp³-hybridized carbons (Fsp3) is 0.350. The summed E-state index contributed by atoms with van der Waals surface area (Å²) in [6.07, 6.45) is 5.38. The van der Waals surface area contributed by atoms with Gasteiger partial charge >= 0.3 is 0 Å². The van der Waals surface area contributed by atoms with E-state index < -0.39 is 0 Å². The quantitative estimate of drug-likeness (QED) is 0.385. The molecule has 8 heteroatoms. The van der Waals surface area contributed by atoms with Crippen LogP contribution in [0, 0.1) is 6.92 Å². The van der Waals surface area contributed by atoms with Crippen molar-refractivity contribution in [3.8, 4) is 10.8 Å². The maximum absolute atomic E-state index is 6.20. The molecule has 0 unspecified atom stereocenters. The van der Waals surface area contributed by atoms with Crippen LogP contribution in [0.1, 0.15) is 36.3 Å². The number of rotatable bonds is 6. The molecule has 3 aromatic rings. The van der Waals surface area contributed by atoms with Crippen LogP contribution in [-0.4, -0.2) is 28.9 Å². The minimum absolute atomic E-state index is 0.195. The smallest absolute Gasteiger partial charge is 0.236 e. The average molecular weight is 398 g/mol. The van der Waals surface area contributed by atoms with Gasteiger partial charge in [0.05, 0.1) is 10.4 Å². The second-order valence-corrected chi connectivity index (χ2v) is 7.62. The number of hydrogen-bond acceptors (Lipinski definition) is 7. The van der Waals surface area contributed by atoms with Crippen LogP contribution >= 0.6 is 11.3 Å². The van der Waals surface area contributed by atoms with Crippen LogP contribution in [0.3, 0.4) is 0 Å². The van der Waals surface area contributed by atoms with Crippen molar-refractivity contribution in [2.24, 2.45) is 10.9 Å². The number of nitrogens with zero attached hydrogens (tertiary/aromatic N) is 4. The van der Waals surface area contributed by atoms with Crippen molar-refractivity contribution in [2.75, 3.05) is 18.0 Å².